The molecule has 0 saturated carbocycles. The van der Waals surface area contributed by atoms with E-state index in [-0.39, 0.29) is 12.3 Å². The van der Waals surface area contributed by atoms with Crippen LogP contribution in [-0.4, -0.2) is 28.5 Å². The Hall–Kier alpha value is -2.79. The van der Waals surface area contributed by atoms with Gasteiger partial charge in [0.15, 0.2) is 5.69 Å². The van der Waals surface area contributed by atoms with Crippen molar-refractivity contribution >= 4 is 51.3 Å². The molecule has 0 fully saturated rings. The van der Waals surface area contributed by atoms with Crippen LogP contribution in [0.5, 0.6) is 5.75 Å². The third-order valence-corrected chi connectivity index (χ3v) is 5.19. The van der Waals surface area contributed by atoms with E-state index < -0.39 is 5.91 Å². The summed E-state index contributed by atoms with van der Waals surface area (Å²) in [6, 6.07) is 12.2. The molecule has 1 N–H and O–H groups in total. The van der Waals surface area contributed by atoms with E-state index in [4.69, 9.17) is 34.4 Å². The molecule has 6 nitrogen and oxygen atoms in total. The van der Waals surface area contributed by atoms with E-state index in [1.165, 1.54) is 6.21 Å². The number of nitrogens with one attached hydrogen (secondary N) is 1. The molecule has 3 rings (SSSR count). The van der Waals surface area contributed by atoms with Crippen molar-refractivity contribution in [1.29, 1.82) is 0 Å². The Morgan fingerprint density at radius 1 is 1.30 bits per heavy atom. The molecule has 0 saturated heterocycles. The number of carbonyl (C=O) groups excluding carboxylic acids is 1. The van der Waals surface area contributed by atoms with Crippen molar-refractivity contribution in [3.63, 3.8) is 0 Å². The van der Waals surface area contributed by atoms with Crippen molar-refractivity contribution in [1.82, 2.24) is 15.2 Å². The van der Waals surface area contributed by atoms with Gasteiger partial charge in [-0.3, -0.25) is 9.48 Å². The Kier molecular flexibility index (Phi) is 7.52. The molecule has 0 aliphatic carbocycles. The first-order chi connectivity index (χ1) is 14.5. The lowest BCUT2D eigenvalue weighted by atomic mass is 10.2. The van der Waals surface area contributed by atoms with Crippen LogP contribution in [0.4, 0.5) is 0 Å². The second-order valence-electron chi connectivity index (χ2n) is 6.01. The van der Waals surface area contributed by atoms with Gasteiger partial charge in [0.2, 0.25) is 0 Å². The Morgan fingerprint density at radius 2 is 2.13 bits per heavy atom. The van der Waals surface area contributed by atoms with E-state index in [0.717, 1.165) is 10.0 Å². The Morgan fingerprint density at radius 3 is 2.90 bits per heavy atom. The van der Waals surface area contributed by atoms with Crippen molar-refractivity contribution in [3.8, 4) is 18.1 Å². The van der Waals surface area contributed by atoms with E-state index in [1.807, 2.05) is 6.07 Å². The highest BCUT2D eigenvalue weighted by Gasteiger charge is 2.10. The first kappa shape index (κ1) is 21.9. The number of rotatable bonds is 7. The van der Waals surface area contributed by atoms with Crippen molar-refractivity contribution in [2.45, 2.75) is 6.54 Å². The van der Waals surface area contributed by atoms with Gasteiger partial charge in [0.25, 0.3) is 5.91 Å². The molecular weight excluding hydrogens is 491 g/mol. The van der Waals surface area contributed by atoms with Crippen LogP contribution in [0.25, 0.3) is 0 Å². The van der Waals surface area contributed by atoms with Gasteiger partial charge in [0, 0.05) is 26.3 Å². The highest BCUT2D eigenvalue weighted by molar-refractivity contribution is 9.10. The van der Waals surface area contributed by atoms with Crippen LogP contribution in [0.3, 0.4) is 0 Å². The second kappa shape index (κ2) is 10.3. The van der Waals surface area contributed by atoms with Crippen LogP contribution in [0.2, 0.25) is 10.0 Å². The standard InChI is InChI=1S/C21H15BrCl2N4O2/c1-2-9-30-17-5-6-18(22)15(10-17)12-25-26-21(29)20-7-8-28(27-20)13-14-3-4-16(23)11-19(14)24/h1,3-8,10-12H,9,13H2,(H,26,29)/b25-12-. The lowest BCUT2D eigenvalue weighted by Crippen LogP contribution is -2.18. The number of amides is 1. The second-order valence-corrected chi connectivity index (χ2v) is 7.71. The van der Waals surface area contributed by atoms with Crippen molar-refractivity contribution < 1.29 is 9.53 Å². The molecule has 152 valence electrons. The number of hydrazone groups is 1. The summed E-state index contributed by atoms with van der Waals surface area (Å²) < 4.78 is 7.78. The van der Waals surface area contributed by atoms with Gasteiger partial charge in [-0.2, -0.15) is 10.2 Å². The molecule has 1 aromatic heterocycles. The third-order valence-electron chi connectivity index (χ3n) is 3.88. The molecule has 2 aromatic carbocycles. The number of benzene rings is 2. The normalized spacial score (nSPS) is 10.7. The minimum Gasteiger partial charge on any atom is -0.481 e. The van der Waals surface area contributed by atoms with Gasteiger partial charge < -0.3 is 4.74 Å². The van der Waals surface area contributed by atoms with Gasteiger partial charge in [-0.15, -0.1) is 6.42 Å². The molecule has 1 heterocycles. The Labute approximate surface area is 192 Å². The number of aromatic nitrogens is 2. The summed E-state index contributed by atoms with van der Waals surface area (Å²) in [7, 11) is 0. The van der Waals surface area contributed by atoms with Crippen LogP contribution in [0.15, 0.2) is 58.2 Å². The zero-order valence-corrected chi connectivity index (χ0v) is 18.6. The van der Waals surface area contributed by atoms with Crippen molar-refractivity contribution in [2.24, 2.45) is 5.10 Å². The summed E-state index contributed by atoms with van der Waals surface area (Å²) >= 11 is 15.5. The molecule has 0 unspecified atom stereocenters. The van der Waals surface area contributed by atoms with Gasteiger partial charge in [0.05, 0.1) is 12.8 Å². The highest BCUT2D eigenvalue weighted by atomic mass is 79.9. The number of hydrogen-bond acceptors (Lipinski definition) is 4. The summed E-state index contributed by atoms with van der Waals surface area (Å²) in [5.74, 6) is 2.56. The monoisotopic (exact) mass is 504 g/mol. The molecule has 3 aromatic rings. The first-order valence-corrected chi connectivity index (χ1v) is 10.2. The predicted octanol–water partition coefficient (Wildman–Crippen LogP) is 4.78. The fourth-order valence-corrected chi connectivity index (χ4v) is 3.27. The Balaban J connectivity index is 1.62. The number of ether oxygens (including phenoxy) is 1. The average Bonchev–Trinajstić information content (AvgIpc) is 3.19. The lowest BCUT2D eigenvalue weighted by Gasteiger charge is -2.05. The van der Waals surface area contributed by atoms with Gasteiger partial charge in [-0.05, 0) is 42.0 Å². The maximum atomic E-state index is 12.3. The van der Waals surface area contributed by atoms with Crippen LogP contribution < -0.4 is 10.2 Å². The molecule has 0 aliphatic rings. The number of hydrogen-bond donors (Lipinski definition) is 1. The zero-order valence-electron chi connectivity index (χ0n) is 15.5. The SMILES string of the molecule is C#CCOc1ccc(Br)c(/C=N\NC(=O)c2ccn(Cc3ccc(Cl)cc3Cl)n2)c1. The average molecular weight is 506 g/mol. The fourth-order valence-electron chi connectivity index (χ4n) is 2.45. The molecule has 0 atom stereocenters. The minimum absolute atomic E-state index is 0.166. The zero-order chi connectivity index (χ0) is 21.5. The molecule has 0 radical (unpaired) electrons. The van der Waals surface area contributed by atoms with Crippen LogP contribution in [0, 0.1) is 12.3 Å². The summed E-state index contributed by atoms with van der Waals surface area (Å²) in [5, 5.41) is 9.33. The minimum atomic E-state index is -0.442. The number of carbonyl (C=O) groups is 1. The maximum Gasteiger partial charge on any atom is 0.291 e. The van der Waals surface area contributed by atoms with Gasteiger partial charge in [-0.25, -0.2) is 5.43 Å². The topological polar surface area (TPSA) is 68.5 Å². The molecular formula is C21H15BrCl2N4O2. The quantitative estimate of drug-likeness (QED) is 0.285. The smallest absolute Gasteiger partial charge is 0.291 e. The predicted molar refractivity (Wildman–Crippen MR) is 121 cm³/mol. The first-order valence-electron chi connectivity index (χ1n) is 8.63. The Bertz CT molecular complexity index is 1140. The van der Waals surface area contributed by atoms with E-state index in [1.54, 1.807) is 47.3 Å². The molecule has 0 spiro atoms. The summed E-state index contributed by atoms with van der Waals surface area (Å²) in [5.41, 5.74) is 4.23. The van der Waals surface area contributed by atoms with Gasteiger partial charge in [-0.1, -0.05) is 51.1 Å². The van der Waals surface area contributed by atoms with E-state index in [0.29, 0.717) is 27.9 Å². The summed E-state index contributed by atoms with van der Waals surface area (Å²) in [4.78, 5) is 12.3. The summed E-state index contributed by atoms with van der Waals surface area (Å²) in [6.45, 7) is 0.572. The number of terminal acetylenes is 1. The van der Waals surface area contributed by atoms with Gasteiger partial charge in [0.1, 0.15) is 12.4 Å². The largest absolute Gasteiger partial charge is 0.481 e. The van der Waals surface area contributed by atoms with E-state index in [2.05, 4.69) is 37.5 Å². The van der Waals surface area contributed by atoms with E-state index >= 15 is 0 Å². The third kappa shape index (κ3) is 5.86. The fraction of sp³-hybridized carbons (Fsp3) is 0.0952. The van der Waals surface area contributed by atoms with Crippen LogP contribution >= 0.6 is 39.1 Å². The highest BCUT2D eigenvalue weighted by Crippen LogP contribution is 2.22. The number of nitrogens with zero attached hydrogens (tertiary/aromatic N) is 3. The summed E-state index contributed by atoms with van der Waals surface area (Å²) in [6.07, 6.45) is 8.38. The van der Waals surface area contributed by atoms with Gasteiger partial charge >= 0.3 is 0 Å². The molecule has 30 heavy (non-hydrogen) atoms. The van der Waals surface area contributed by atoms with Crippen LogP contribution in [-0.2, 0) is 6.54 Å². The van der Waals surface area contributed by atoms with E-state index in [9.17, 15) is 4.79 Å². The van der Waals surface area contributed by atoms with Crippen LogP contribution in [0.1, 0.15) is 21.6 Å². The molecule has 0 aliphatic heterocycles. The number of halogens is 3. The maximum absolute atomic E-state index is 12.3. The van der Waals surface area contributed by atoms with Crippen molar-refractivity contribution in [2.75, 3.05) is 6.61 Å². The lowest BCUT2D eigenvalue weighted by molar-refractivity contribution is 0.0949. The molecule has 1 amide bonds. The molecule has 9 heteroatoms. The molecule has 0 bridgehead atoms. The van der Waals surface area contributed by atoms with Crippen molar-refractivity contribution in [3.05, 3.63) is 80.0 Å².